The fraction of sp³-hybridized carbons (Fsp3) is 0.0667. The summed E-state index contributed by atoms with van der Waals surface area (Å²) in [5.41, 5.74) is 0.470. The molecule has 2 aromatic rings. The lowest BCUT2D eigenvalue weighted by Gasteiger charge is -2.13. The zero-order valence-electron chi connectivity index (χ0n) is 11.5. The van der Waals surface area contributed by atoms with Gasteiger partial charge >= 0.3 is 12.1 Å². The predicted octanol–water partition coefficient (Wildman–Crippen LogP) is 5.20. The minimum absolute atomic E-state index is 0.0217. The van der Waals surface area contributed by atoms with Gasteiger partial charge in [0.1, 0.15) is 6.61 Å². The van der Waals surface area contributed by atoms with E-state index in [-0.39, 0.29) is 32.4 Å². The molecule has 0 radical (unpaired) electrons. The Kier molecular flexibility index (Phi) is 5.87. The van der Waals surface area contributed by atoms with Crippen LogP contribution in [-0.4, -0.2) is 17.2 Å². The molecule has 2 N–H and O–H groups in total. The molecule has 0 fully saturated rings. The lowest BCUT2D eigenvalue weighted by atomic mass is 10.2. The molecule has 0 aliphatic rings. The van der Waals surface area contributed by atoms with Crippen molar-refractivity contribution < 1.29 is 19.4 Å². The van der Waals surface area contributed by atoms with Crippen molar-refractivity contribution in [1.29, 1.82) is 0 Å². The predicted molar refractivity (Wildman–Crippen MR) is 91.4 cm³/mol. The molecule has 0 bridgehead atoms. The van der Waals surface area contributed by atoms with Gasteiger partial charge in [0.15, 0.2) is 0 Å². The Bertz CT molecular complexity index is 753. The number of aromatic carboxylic acids is 1. The van der Waals surface area contributed by atoms with Crippen molar-refractivity contribution in [3.63, 3.8) is 0 Å². The van der Waals surface area contributed by atoms with Gasteiger partial charge in [-0.3, -0.25) is 5.32 Å². The molecule has 2 aromatic carbocycles. The minimum atomic E-state index is -1.28. The fourth-order valence-corrected chi connectivity index (χ4v) is 2.56. The number of amides is 1. The molecule has 0 unspecified atom stereocenters. The maximum atomic E-state index is 11.9. The molecule has 0 spiro atoms. The van der Waals surface area contributed by atoms with E-state index in [1.807, 2.05) is 18.2 Å². The van der Waals surface area contributed by atoms with E-state index in [1.165, 1.54) is 6.07 Å². The van der Waals surface area contributed by atoms with Crippen molar-refractivity contribution in [2.45, 2.75) is 6.61 Å². The number of halogens is 3. The number of hydrogen-bond donors (Lipinski definition) is 2. The van der Waals surface area contributed by atoms with Gasteiger partial charge < -0.3 is 9.84 Å². The Hall–Kier alpha value is -1.76. The molecule has 120 valence electrons. The molecule has 0 saturated heterocycles. The lowest BCUT2D eigenvalue weighted by Crippen LogP contribution is -2.16. The topological polar surface area (TPSA) is 75.6 Å². The van der Waals surface area contributed by atoms with Crippen LogP contribution in [0.3, 0.4) is 0 Å². The van der Waals surface area contributed by atoms with Crippen LogP contribution in [0.4, 0.5) is 10.5 Å². The molecule has 0 atom stereocenters. The smallest absolute Gasteiger partial charge is 0.412 e. The highest BCUT2D eigenvalue weighted by Gasteiger charge is 2.21. The standard InChI is InChI=1S/C15H10BrCl2NO4/c16-11-10(17)6-9(14(20)21)13(12(11)18)19-15(22)23-7-8-4-2-1-3-5-8/h1-6H,7H2,(H,19,22)(H,20,21). The monoisotopic (exact) mass is 417 g/mol. The van der Waals surface area contributed by atoms with Gasteiger partial charge in [-0.05, 0) is 27.6 Å². The third kappa shape index (κ3) is 4.37. The van der Waals surface area contributed by atoms with Gasteiger partial charge in [-0.25, -0.2) is 9.59 Å². The molecule has 0 aromatic heterocycles. The zero-order chi connectivity index (χ0) is 17.0. The second kappa shape index (κ2) is 7.68. The summed E-state index contributed by atoms with van der Waals surface area (Å²) in [6.07, 6.45) is -0.826. The molecule has 0 heterocycles. The highest BCUT2D eigenvalue weighted by atomic mass is 79.9. The van der Waals surface area contributed by atoms with Crippen LogP contribution in [0.2, 0.25) is 10.0 Å². The Morgan fingerprint density at radius 3 is 2.48 bits per heavy atom. The second-order valence-electron chi connectivity index (χ2n) is 4.40. The van der Waals surface area contributed by atoms with E-state index in [2.05, 4.69) is 21.2 Å². The third-order valence-electron chi connectivity index (χ3n) is 2.83. The van der Waals surface area contributed by atoms with Crippen LogP contribution < -0.4 is 5.32 Å². The summed E-state index contributed by atoms with van der Waals surface area (Å²) in [5.74, 6) is -1.28. The Morgan fingerprint density at radius 1 is 1.22 bits per heavy atom. The summed E-state index contributed by atoms with van der Waals surface area (Å²) >= 11 is 15.0. The maximum absolute atomic E-state index is 11.9. The van der Waals surface area contributed by atoms with E-state index >= 15 is 0 Å². The van der Waals surface area contributed by atoms with E-state index in [0.717, 1.165) is 5.56 Å². The average Bonchev–Trinajstić information content (AvgIpc) is 2.54. The summed E-state index contributed by atoms with van der Waals surface area (Å²) in [5, 5.41) is 11.6. The number of anilines is 1. The number of carbonyl (C=O) groups excluding carboxylic acids is 1. The van der Waals surface area contributed by atoms with Crippen LogP contribution in [0.1, 0.15) is 15.9 Å². The first-order chi connectivity index (χ1) is 10.9. The van der Waals surface area contributed by atoms with E-state index < -0.39 is 12.1 Å². The van der Waals surface area contributed by atoms with E-state index in [4.69, 9.17) is 27.9 Å². The number of nitrogens with one attached hydrogen (secondary N) is 1. The number of ether oxygens (including phenoxy) is 1. The number of hydrogen-bond acceptors (Lipinski definition) is 3. The first-order valence-electron chi connectivity index (χ1n) is 6.28. The van der Waals surface area contributed by atoms with Gasteiger partial charge in [0.25, 0.3) is 0 Å². The number of benzene rings is 2. The summed E-state index contributed by atoms with van der Waals surface area (Å²) < 4.78 is 5.32. The first-order valence-corrected chi connectivity index (χ1v) is 7.83. The van der Waals surface area contributed by atoms with Crippen LogP contribution in [0.5, 0.6) is 0 Å². The maximum Gasteiger partial charge on any atom is 0.412 e. The number of carbonyl (C=O) groups is 2. The quantitative estimate of drug-likeness (QED) is 0.668. The zero-order valence-corrected chi connectivity index (χ0v) is 14.6. The van der Waals surface area contributed by atoms with Crippen LogP contribution in [-0.2, 0) is 11.3 Å². The first kappa shape index (κ1) is 17.6. The Balaban J connectivity index is 2.17. The molecule has 8 heteroatoms. The van der Waals surface area contributed by atoms with Crippen LogP contribution in [0.25, 0.3) is 0 Å². The molecule has 2 rings (SSSR count). The summed E-state index contributed by atoms with van der Waals surface area (Å²) in [6.45, 7) is 0.0431. The average molecular weight is 419 g/mol. The highest BCUT2D eigenvalue weighted by molar-refractivity contribution is 9.10. The highest BCUT2D eigenvalue weighted by Crippen LogP contribution is 2.39. The van der Waals surface area contributed by atoms with Crippen molar-refractivity contribution in [3.05, 3.63) is 62.0 Å². The van der Waals surface area contributed by atoms with Crippen molar-refractivity contribution in [2.75, 3.05) is 5.32 Å². The molecular formula is C15H10BrCl2NO4. The molecular weight excluding hydrogens is 409 g/mol. The van der Waals surface area contributed by atoms with Crippen LogP contribution in [0, 0.1) is 0 Å². The van der Waals surface area contributed by atoms with Crippen LogP contribution in [0.15, 0.2) is 40.9 Å². The van der Waals surface area contributed by atoms with E-state index in [0.29, 0.717) is 0 Å². The molecule has 0 saturated carbocycles. The minimum Gasteiger partial charge on any atom is -0.478 e. The molecule has 5 nitrogen and oxygen atoms in total. The van der Waals surface area contributed by atoms with Gasteiger partial charge in [-0.2, -0.15) is 0 Å². The van der Waals surface area contributed by atoms with Gasteiger partial charge in [-0.15, -0.1) is 0 Å². The van der Waals surface area contributed by atoms with E-state index in [9.17, 15) is 14.7 Å². The summed E-state index contributed by atoms with van der Waals surface area (Å²) in [7, 11) is 0. The largest absolute Gasteiger partial charge is 0.478 e. The Labute approximate surface area is 150 Å². The third-order valence-corrected chi connectivity index (χ3v) is 4.79. The van der Waals surface area contributed by atoms with Gasteiger partial charge in [0, 0.05) is 0 Å². The number of rotatable bonds is 4. The van der Waals surface area contributed by atoms with Gasteiger partial charge in [0.05, 0.1) is 25.8 Å². The van der Waals surface area contributed by atoms with Crippen molar-refractivity contribution in [2.24, 2.45) is 0 Å². The van der Waals surface area contributed by atoms with Crippen molar-refractivity contribution >= 4 is 56.9 Å². The van der Waals surface area contributed by atoms with Crippen molar-refractivity contribution in [3.8, 4) is 0 Å². The van der Waals surface area contributed by atoms with Gasteiger partial charge in [-0.1, -0.05) is 53.5 Å². The van der Waals surface area contributed by atoms with Crippen molar-refractivity contribution in [1.82, 2.24) is 0 Å². The SMILES string of the molecule is O=C(Nc1c(C(=O)O)cc(Cl)c(Br)c1Cl)OCc1ccccc1. The van der Waals surface area contributed by atoms with Gasteiger partial charge in [0.2, 0.25) is 0 Å². The number of carboxylic acid groups (broad SMARTS) is 1. The normalized spacial score (nSPS) is 10.2. The molecule has 0 aliphatic carbocycles. The Morgan fingerprint density at radius 2 is 1.87 bits per heavy atom. The van der Waals surface area contributed by atoms with Crippen LogP contribution >= 0.6 is 39.1 Å². The molecule has 23 heavy (non-hydrogen) atoms. The van der Waals surface area contributed by atoms with E-state index in [1.54, 1.807) is 12.1 Å². The summed E-state index contributed by atoms with van der Waals surface area (Å²) in [4.78, 5) is 23.1. The fourth-order valence-electron chi connectivity index (χ4n) is 1.75. The number of carboxylic acids is 1. The second-order valence-corrected chi connectivity index (χ2v) is 5.98. The lowest BCUT2D eigenvalue weighted by molar-refractivity contribution is 0.0698. The molecule has 0 aliphatic heterocycles. The summed E-state index contributed by atoms with van der Waals surface area (Å²) in [6, 6.07) is 10.2. The molecule has 1 amide bonds.